The molecule has 0 spiro atoms. The van der Waals surface area contributed by atoms with Gasteiger partial charge >= 0.3 is 0 Å². The van der Waals surface area contributed by atoms with Crippen molar-refractivity contribution in [2.75, 3.05) is 23.7 Å². The van der Waals surface area contributed by atoms with Gasteiger partial charge in [0.2, 0.25) is 21.8 Å². The summed E-state index contributed by atoms with van der Waals surface area (Å²) < 4.78 is 41.8. The number of hydrogen-bond acceptors (Lipinski definition) is 4. The van der Waals surface area contributed by atoms with E-state index in [9.17, 15) is 22.4 Å². The molecule has 0 aliphatic heterocycles. The molecule has 0 aliphatic rings. The number of benzene rings is 3. The van der Waals surface area contributed by atoms with Crippen molar-refractivity contribution < 1.29 is 22.4 Å². The van der Waals surface area contributed by atoms with E-state index in [2.05, 4.69) is 26.1 Å². The van der Waals surface area contributed by atoms with Gasteiger partial charge < -0.3 is 10.2 Å². The number of nitrogens with one attached hydrogen (secondary N) is 1. The molecule has 7 nitrogen and oxygen atoms in total. The van der Waals surface area contributed by atoms with Crippen molar-refractivity contribution in [2.24, 2.45) is 5.92 Å². The van der Waals surface area contributed by atoms with Crippen LogP contribution in [0.4, 0.5) is 10.1 Å². The Morgan fingerprint density at radius 1 is 0.905 bits per heavy atom. The minimum Gasteiger partial charge on any atom is -0.354 e. The van der Waals surface area contributed by atoms with Crippen LogP contribution in [0.25, 0.3) is 0 Å². The Hall–Kier alpha value is -3.72. The highest BCUT2D eigenvalue weighted by Gasteiger charge is 2.33. The van der Waals surface area contributed by atoms with Gasteiger partial charge in [0.1, 0.15) is 18.4 Å². The number of carbonyl (C=O) groups excluding carboxylic acids is 2. The van der Waals surface area contributed by atoms with Crippen molar-refractivity contribution >= 4 is 27.5 Å². The van der Waals surface area contributed by atoms with Crippen molar-refractivity contribution in [3.63, 3.8) is 0 Å². The van der Waals surface area contributed by atoms with E-state index in [0.717, 1.165) is 21.7 Å². The largest absolute Gasteiger partial charge is 0.354 e. The lowest BCUT2D eigenvalue weighted by atomic mass is 9.87. The lowest BCUT2D eigenvalue weighted by molar-refractivity contribution is -0.140. The Balaban J connectivity index is 2.05. The smallest absolute Gasteiger partial charge is 0.244 e. The molecule has 2 amide bonds. The van der Waals surface area contributed by atoms with E-state index in [-0.39, 0.29) is 29.9 Å². The number of rotatable bonds is 12. The van der Waals surface area contributed by atoms with Gasteiger partial charge in [-0.1, -0.05) is 95.3 Å². The molecule has 0 unspecified atom stereocenters. The highest BCUT2D eigenvalue weighted by molar-refractivity contribution is 7.92. The zero-order chi connectivity index (χ0) is 31.1. The quantitative estimate of drug-likeness (QED) is 0.308. The molecule has 0 bridgehead atoms. The summed E-state index contributed by atoms with van der Waals surface area (Å²) >= 11 is 0. The first-order chi connectivity index (χ1) is 19.7. The SMILES string of the molecule is CC(C)CNC(=O)[C@@H](Cc1ccccc1)N(Cc1ccccc1F)C(=O)CN(c1ccc(C(C)(C)C)cc1)S(C)(=O)=O. The molecule has 0 aliphatic carbocycles. The molecule has 0 aromatic heterocycles. The van der Waals surface area contributed by atoms with Gasteiger partial charge in [-0.2, -0.15) is 0 Å². The Morgan fingerprint density at radius 2 is 1.50 bits per heavy atom. The molecule has 0 saturated heterocycles. The zero-order valence-corrected chi connectivity index (χ0v) is 26.1. The molecular weight excluding hydrogens is 553 g/mol. The van der Waals surface area contributed by atoms with Crippen molar-refractivity contribution in [3.05, 3.63) is 101 Å². The van der Waals surface area contributed by atoms with Crippen LogP contribution in [0.3, 0.4) is 0 Å². The highest BCUT2D eigenvalue weighted by Crippen LogP contribution is 2.26. The number of sulfonamides is 1. The van der Waals surface area contributed by atoms with Crippen LogP contribution in [0.2, 0.25) is 0 Å². The van der Waals surface area contributed by atoms with Gasteiger partial charge in [0.05, 0.1) is 11.9 Å². The predicted molar refractivity (Wildman–Crippen MR) is 166 cm³/mol. The average molecular weight is 596 g/mol. The van der Waals surface area contributed by atoms with E-state index >= 15 is 0 Å². The van der Waals surface area contributed by atoms with E-state index in [1.165, 1.54) is 11.0 Å². The van der Waals surface area contributed by atoms with E-state index in [1.54, 1.807) is 30.3 Å². The maximum absolute atomic E-state index is 14.9. The van der Waals surface area contributed by atoms with Crippen LogP contribution < -0.4 is 9.62 Å². The monoisotopic (exact) mass is 595 g/mol. The van der Waals surface area contributed by atoms with Gasteiger partial charge in [0, 0.05) is 25.1 Å². The molecule has 1 atom stereocenters. The molecule has 0 heterocycles. The lowest BCUT2D eigenvalue weighted by Crippen LogP contribution is -2.53. The van der Waals surface area contributed by atoms with Gasteiger partial charge in [-0.05, 0) is 40.7 Å². The first-order valence-electron chi connectivity index (χ1n) is 14.1. The Labute approximate surface area is 249 Å². The summed E-state index contributed by atoms with van der Waals surface area (Å²) in [6, 6.07) is 21.3. The minimum atomic E-state index is -3.89. The zero-order valence-electron chi connectivity index (χ0n) is 25.3. The van der Waals surface area contributed by atoms with E-state index in [0.29, 0.717) is 12.2 Å². The number of hydrogen-bond donors (Lipinski definition) is 1. The summed E-state index contributed by atoms with van der Waals surface area (Å²) in [6.07, 6.45) is 1.21. The van der Waals surface area contributed by atoms with Crippen LogP contribution in [0, 0.1) is 11.7 Å². The van der Waals surface area contributed by atoms with Gasteiger partial charge in [0.15, 0.2) is 0 Å². The summed E-state index contributed by atoms with van der Waals surface area (Å²) in [5.74, 6) is -1.37. The van der Waals surface area contributed by atoms with Crippen LogP contribution in [0.5, 0.6) is 0 Å². The van der Waals surface area contributed by atoms with Crippen molar-refractivity contribution in [1.82, 2.24) is 10.2 Å². The molecule has 0 radical (unpaired) electrons. The molecule has 3 aromatic rings. The number of nitrogens with zero attached hydrogens (tertiary/aromatic N) is 2. The second-order valence-electron chi connectivity index (χ2n) is 12.0. The van der Waals surface area contributed by atoms with Crippen LogP contribution >= 0.6 is 0 Å². The summed E-state index contributed by atoms with van der Waals surface area (Å²) in [7, 11) is -3.89. The number of halogens is 1. The Kier molecular flexibility index (Phi) is 10.9. The Morgan fingerprint density at radius 3 is 2.05 bits per heavy atom. The van der Waals surface area contributed by atoms with Crippen LogP contribution in [-0.4, -0.2) is 50.5 Å². The van der Waals surface area contributed by atoms with Crippen molar-refractivity contribution in [3.8, 4) is 0 Å². The lowest BCUT2D eigenvalue weighted by Gasteiger charge is -2.34. The van der Waals surface area contributed by atoms with E-state index in [1.807, 2.05) is 56.3 Å². The fourth-order valence-electron chi connectivity index (χ4n) is 4.53. The standard InChI is InChI=1S/C33H42FN3O4S/c1-24(2)21-35-32(39)30(20-25-12-8-7-9-13-25)36(22-26-14-10-11-15-29(26)34)31(38)23-37(42(6,40)41)28-18-16-27(17-19-28)33(3,4)5/h7-19,24,30H,20-23H2,1-6H3,(H,35,39)/t30-/m1/s1. The summed E-state index contributed by atoms with van der Waals surface area (Å²) in [5, 5.41) is 2.92. The molecular formula is C33H42FN3O4S. The maximum atomic E-state index is 14.9. The third kappa shape index (κ3) is 9.14. The van der Waals surface area contributed by atoms with E-state index in [4.69, 9.17) is 0 Å². The second-order valence-corrected chi connectivity index (χ2v) is 13.9. The average Bonchev–Trinajstić information content (AvgIpc) is 2.92. The number of amides is 2. The van der Waals surface area contributed by atoms with E-state index < -0.39 is 40.2 Å². The molecule has 1 N–H and O–H groups in total. The summed E-state index contributed by atoms with van der Waals surface area (Å²) in [4.78, 5) is 29.0. The third-order valence-corrected chi connectivity index (χ3v) is 8.10. The molecule has 3 rings (SSSR count). The number of anilines is 1. The fourth-order valence-corrected chi connectivity index (χ4v) is 5.38. The molecule has 42 heavy (non-hydrogen) atoms. The summed E-state index contributed by atoms with van der Waals surface area (Å²) in [6.45, 7) is 9.71. The van der Waals surface area contributed by atoms with Gasteiger partial charge in [-0.15, -0.1) is 0 Å². The fraction of sp³-hybridized carbons (Fsp3) is 0.394. The third-order valence-electron chi connectivity index (χ3n) is 6.95. The molecule has 226 valence electrons. The highest BCUT2D eigenvalue weighted by atomic mass is 32.2. The van der Waals surface area contributed by atoms with Crippen molar-refractivity contribution in [2.45, 2.75) is 59.0 Å². The van der Waals surface area contributed by atoms with Crippen LogP contribution in [0.15, 0.2) is 78.9 Å². The van der Waals surface area contributed by atoms with Crippen LogP contribution in [0.1, 0.15) is 51.3 Å². The van der Waals surface area contributed by atoms with Crippen molar-refractivity contribution in [1.29, 1.82) is 0 Å². The normalized spacial score (nSPS) is 12.6. The summed E-state index contributed by atoms with van der Waals surface area (Å²) in [5.41, 5.74) is 2.23. The Bertz CT molecular complexity index is 1450. The minimum absolute atomic E-state index is 0.144. The molecule has 0 saturated carbocycles. The van der Waals surface area contributed by atoms with Gasteiger partial charge in [-0.25, -0.2) is 12.8 Å². The number of carbonyl (C=O) groups is 2. The molecule has 0 fully saturated rings. The molecule has 3 aromatic carbocycles. The first-order valence-corrected chi connectivity index (χ1v) is 15.9. The predicted octanol–water partition coefficient (Wildman–Crippen LogP) is 5.30. The maximum Gasteiger partial charge on any atom is 0.244 e. The topological polar surface area (TPSA) is 86.8 Å². The van der Waals surface area contributed by atoms with Gasteiger partial charge in [-0.3, -0.25) is 13.9 Å². The second kappa shape index (κ2) is 14.0. The first kappa shape index (κ1) is 32.8. The molecule has 9 heteroatoms. The van der Waals surface area contributed by atoms with Crippen LogP contribution in [-0.2, 0) is 38.0 Å². The van der Waals surface area contributed by atoms with Gasteiger partial charge in [0.25, 0.3) is 0 Å².